The summed E-state index contributed by atoms with van der Waals surface area (Å²) in [6.07, 6.45) is 6.36. The molecule has 2 aliphatic rings. The van der Waals surface area contributed by atoms with E-state index < -0.39 is 11.5 Å². The van der Waals surface area contributed by atoms with Gasteiger partial charge in [-0.2, -0.15) is 0 Å². The number of aliphatic hydroxyl groups excluding tert-OH is 1. The van der Waals surface area contributed by atoms with Crippen molar-refractivity contribution in [2.24, 2.45) is 0 Å². The van der Waals surface area contributed by atoms with Crippen LogP contribution in [0.4, 0.5) is 0 Å². The summed E-state index contributed by atoms with van der Waals surface area (Å²) in [5, 5.41) is 11.5. The number of likely N-dealkylation sites (tertiary alicyclic amines) is 1. The van der Waals surface area contributed by atoms with Gasteiger partial charge in [-0.3, -0.25) is 19.6 Å². The average Bonchev–Trinajstić information content (AvgIpc) is 3.30. The van der Waals surface area contributed by atoms with E-state index >= 15 is 0 Å². The highest BCUT2D eigenvalue weighted by Gasteiger charge is 2.55. The molecule has 1 aromatic carbocycles. The number of ether oxygens (including phenoxy) is 1. The van der Waals surface area contributed by atoms with Crippen LogP contribution in [0.15, 0.2) is 67.3 Å². The van der Waals surface area contributed by atoms with Crippen molar-refractivity contribution in [2.75, 3.05) is 33.4 Å². The second-order valence-corrected chi connectivity index (χ2v) is 9.38. The molecule has 0 bridgehead atoms. The zero-order valence-electron chi connectivity index (χ0n) is 19.7. The minimum atomic E-state index is -0.556. The maximum absolute atomic E-state index is 13.6. The third kappa shape index (κ3) is 3.35. The first kappa shape index (κ1) is 22.2. The molecule has 2 aliphatic heterocycles. The summed E-state index contributed by atoms with van der Waals surface area (Å²) in [5.74, 6) is 0.410. The second kappa shape index (κ2) is 8.46. The Morgan fingerprint density at radius 3 is 2.36 bits per heavy atom. The van der Waals surface area contributed by atoms with Gasteiger partial charge in [0.15, 0.2) is 0 Å². The normalized spacial score (nSPS) is 18.1. The van der Waals surface area contributed by atoms with Crippen LogP contribution >= 0.6 is 0 Å². The lowest BCUT2D eigenvalue weighted by molar-refractivity contribution is 0.00302. The monoisotopic (exact) mass is 483 g/mol. The highest BCUT2D eigenvalue weighted by atomic mass is 16.5. The topological polar surface area (TPSA) is 112 Å². The van der Waals surface area contributed by atoms with Gasteiger partial charge < -0.3 is 24.6 Å². The first-order valence-electron chi connectivity index (χ1n) is 11.8. The summed E-state index contributed by atoms with van der Waals surface area (Å²) >= 11 is 0. The first-order chi connectivity index (χ1) is 17.5. The van der Waals surface area contributed by atoms with Gasteiger partial charge in [0, 0.05) is 67.1 Å². The molecular formula is C27H25N5O4. The summed E-state index contributed by atoms with van der Waals surface area (Å²) in [6, 6.07) is 12.2. The molecule has 2 N–H and O–H groups in total. The van der Waals surface area contributed by atoms with Gasteiger partial charge in [0.2, 0.25) is 0 Å². The Bertz CT molecular complexity index is 1450. The van der Waals surface area contributed by atoms with Crippen LogP contribution in [0.2, 0.25) is 0 Å². The van der Waals surface area contributed by atoms with Crippen molar-refractivity contribution >= 4 is 22.7 Å². The second-order valence-electron chi connectivity index (χ2n) is 9.38. The van der Waals surface area contributed by atoms with E-state index in [0.717, 1.165) is 22.2 Å². The SMILES string of the molecule is COc1ccc2c3c([nH]c2c1)[C@H](CO)N(C(=O)c1cccnc1)CC31CN(C(=O)c2cccnc2)C1. The zero-order chi connectivity index (χ0) is 24.9. The number of benzene rings is 1. The number of nitrogens with one attached hydrogen (secondary N) is 1. The van der Waals surface area contributed by atoms with Crippen LogP contribution in [0.3, 0.4) is 0 Å². The number of aromatic amines is 1. The van der Waals surface area contributed by atoms with Gasteiger partial charge >= 0.3 is 0 Å². The molecule has 5 heterocycles. The average molecular weight is 484 g/mol. The van der Waals surface area contributed by atoms with Crippen LogP contribution in [0, 0.1) is 0 Å². The van der Waals surface area contributed by atoms with Crippen LogP contribution in [-0.4, -0.2) is 75.0 Å². The molecule has 0 radical (unpaired) electrons. The maximum atomic E-state index is 13.6. The zero-order valence-corrected chi connectivity index (χ0v) is 19.7. The van der Waals surface area contributed by atoms with Gasteiger partial charge in [0.1, 0.15) is 5.75 Å². The molecule has 1 spiro atoms. The first-order valence-corrected chi connectivity index (χ1v) is 11.8. The highest BCUT2D eigenvalue weighted by Crippen LogP contribution is 2.49. The van der Waals surface area contributed by atoms with Gasteiger partial charge in [-0.05, 0) is 42.0 Å². The molecule has 0 saturated carbocycles. The Morgan fingerprint density at radius 1 is 1.06 bits per heavy atom. The number of hydrogen-bond donors (Lipinski definition) is 2. The number of hydrogen-bond acceptors (Lipinski definition) is 6. The number of rotatable bonds is 4. The molecule has 4 aromatic rings. The number of aromatic nitrogens is 3. The lowest BCUT2D eigenvalue weighted by atomic mass is 9.68. The summed E-state index contributed by atoms with van der Waals surface area (Å²) in [5.41, 5.74) is 3.20. The Labute approximate surface area is 207 Å². The van der Waals surface area contributed by atoms with Crippen molar-refractivity contribution in [3.05, 3.63) is 89.6 Å². The van der Waals surface area contributed by atoms with E-state index in [9.17, 15) is 14.7 Å². The number of nitrogens with zero attached hydrogens (tertiary/aromatic N) is 4. The number of carbonyl (C=O) groups is 2. The largest absolute Gasteiger partial charge is 0.497 e. The van der Waals surface area contributed by atoms with Crippen molar-refractivity contribution in [1.82, 2.24) is 24.8 Å². The molecule has 3 aromatic heterocycles. The van der Waals surface area contributed by atoms with E-state index in [1.165, 1.54) is 6.20 Å². The molecule has 1 saturated heterocycles. The summed E-state index contributed by atoms with van der Waals surface area (Å²) in [6.45, 7) is 1.02. The van der Waals surface area contributed by atoms with Crippen molar-refractivity contribution in [2.45, 2.75) is 11.5 Å². The summed E-state index contributed by atoms with van der Waals surface area (Å²) in [4.78, 5) is 41.9. The lowest BCUT2D eigenvalue weighted by Gasteiger charge is -2.56. The Morgan fingerprint density at radius 2 is 1.75 bits per heavy atom. The van der Waals surface area contributed by atoms with Crippen LogP contribution < -0.4 is 4.74 Å². The molecule has 6 rings (SSSR count). The molecule has 2 amide bonds. The smallest absolute Gasteiger partial charge is 0.256 e. The Kier molecular flexibility index (Phi) is 5.22. The van der Waals surface area contributed by atoms with Crippen LogP contribution in [0.1, 0.15) is 38.0 Å². The highest BCUT2D eigenvalue weighted by molar-refractivity contribution is 5.97. The number of carbonyl (C=O) groups excluding carboxylic acids is 2. The third-order valence-electron chi connectivity index (χ3n) is 7.27. The number of aliphatic hydroxyl groups is 1. The summed E-state index contributed by atoms with van der Waals surface area (Å²) < 4.78 is 5.41. The molecule has 1 fully saturated rings. The van der Waals surface area contributed by atoms with Crippen molar-refractivity contribution in [1.29, 1.82) is 0 Å². The fourth-order valence-corrected chi connectivity index (χ4v) is 5.63. The van der Waals surface area contributed by atoms with Crippen LogP contribution in [0.5, 0.6) is 5.75 Å². The van der Waals surface area contributed by atoms with Crippen molar-refractivity contribution in [3.8, 4) is 5.75 Å². The third-order valence-corrected chi connectivity index (χ3v) is 7.27. The molecule has 9 heteroatoms. The number of methoxy groups -OCH3 is 1. The minimum absolute atomic E-state index is 0.0915. The predicted molar refractivity (Wildman–Crippen MR) is 132 cm³/mol. The summed E-state index contributed by atoms with van der Waals surface area (Å²) in [7, 11) is 1.62. The number of fused-ring (bicyclic) bond motifs is 4. The van der Waals surface area contributed by atoms with E-state index in [1.807, 2.05) is 18.2 Å². The van der Waals surface area contributed by atoms with E-state index in [4.69, 9.17) is 4.74 Å². The maximum Gasteiger partial charge on any atom is 0.256 e. The van der Waals surface area contributed by atoms with Crippen molar-refractivity contribution in [3.63, 3.8) is 0 Å². The van der Waals surface area contributed by atoms with E-state index in [-0.39, 0.29) is 18.4 Å². The Balaban J connectivity index is 1.44. The van der Waals surface area contributed by atoms with E-state index in [0.29, 0.717) is 36.5 Å². The van der Waals surface area contributed by atoms with Gasteiger partial charge in [0.05, 0.1) is 36.3 Å². The fourth-order valence-electron chi connectivity index (χ4n) is 5.63. The van der Waals surface area contributed by atoms with Gasteiger partial charge in [-0.15, -0.1) is 0 Å². The molecule has 9 nitrogen and oxygen atoms in total. The van der Waals surface area contributed by atoms with Gasteiger partial charge in [0.25, 0.3) is 11.8 Å². The van der Waals surface area contributed by atoms with E-state index in [1.54, 1.807) is 59.8 Å². The van der Waals surface area contributed by atoms with Crippen molar-refractivity contribution < 1.29 is 19.4 Å². The molecular weight excluding hydrogens is 458 g/mol. The number of amides is 2. The number of pyridine rings is 2. The van der Waals surface area contributed by atoms with Gasteiger partial charge in [-0.1, -0.05) is 0 Å². The standard InChI is InChI=1S/C27H25N5O4/c1-36-19-6-7-20-21(10-19)30-24-22(13-33)32(26(35)18-5-3-9-29-12-18)16-27(23(20)24)14-31(15-27)25(34)17-4-2-8-28-11-17/h2-12,22,30,33H,13-16H2,1H3/t22-/m0/s1. The minimum Gasteiger partial charge on any atom is -0.497 e. The molecule has 36 heavy (non-hydrogen) atoms. The predicted octanol–water partition coefficient (Wildman–Crippen LogP) is 2.55. The number of H-pyrrole nitrogens is 1. The molecule has 1 atom stereocenters. The molecule has 182 valence electrons. The van der Waals surface area contributed by atoms with Crippen LogP contribution in [0.25, 0.3) is 10.9 Å². The molecule has 0 aliphatic carbocycles. The fraction of sp³-hybridized carbons (Fsp3) is 0.259. The lowest BCUT2D eigenvalue weighted by Crippen LogP contribution is -2.68. The van der Waals surface area contributed by atoms with Crippen LogP contribution in [-0.2, 0) is 5.41 Å². The van der Waals surface area contributed by atoms with E-state index in [2.05, 4.69) is 15.0 Å². The Hall–Kier alpha value is -4.24. The van der Waals surface area contributed by atoms with Gasteiger partial charge in [-0.25, -0.2) is 0 Å². The molecule has 0 unspecified atom stereocenters. The quantitative estimate of drug-likeness (QED) is 0.462.